The van der Waals surface area contributed by atoms with Gasteiger partial charge in [-0.15, -0.1) is 0 Å². The highest BCUT2D eigenvalue weighted by molar-refractivity contribution is 5.28. The molecule has 112 valence electrons. The minimum atomic E-state index is -0.222. The first-order valence-corrected chi connectivity index (χ1v) is 7.31. The zero-order valence-corrected chi connectivity index (χ0v) is 12.5. The van der Waals surface area contributed by atoms with Crippen molar-refractivity contribution in [3.63, 3.8) is 0 Å². The van der Waals surface area contributed by atoms with Gasteiger partial charge in [0.2, 0.25) is 0 Å². The molecule has 0 aliphatic rings. The first kappa shape index (κ1) is 15.6. The fourth-order valence-electron chi connectivity index (χ4n) is 2.54. The molecular formula is C18H21F2N. The number of benzene rings is 2. The topological polar surface area (TPSA) is 12.0 Å². The molecule has 0 heterocycles. The quantitative estimate of drug-likeness (QED) is 0.846. The van der Waals surface area contributed by atoms with Crippen molar-refractivity contribution in [1.29, 1.82) is 0 Å². The number of hydrogen-bond acceptors (Lipinski definition) is 1. The molecule has 0 aliphatic carbocycles. The third-order valence-electron chi connectivity index (χ3n) is 3.67. The summed E-state index contributed by atoms with van der Waals surface area (Å²) in [6.45, 7) is 4.89. The summed E-state index contributed by atoms with van der Waals surface area (Å²) in [5.41, 5.74) is 3.19. The van der Waals surface area contributed by atoms with E-state index in [0.29, 0.717) is 0 Å². The Labute approximate surface area is 125 Å². The van der Waals surface area contributed by atoms with Crippen LogP contribution in [0.25, 0.3) is 0 Å². The Morgan fingerprint density at radius 1 is 0.952 bits per heavy atom. The minimum absolute atomic E-state index is 0.201. The fraction of sp³-hybridized carbons (Fsp3) is 0.333. The van der Waals surface area contributed by atoms with E-state index in [4.69, 9.17) is 0 Å². The molecule has 0 spiro atoms. The van der Waals surface area contributed by atoms with Crippen LogP contribution in [0, 0.1) is 18.6 Å². The second kappa shape index (κ2) is 7.32. The maximum Gasteiger partial charge on any atom is 0.123 e. The van der Waals surface area contributed by atoms with Crippen molar-refractivity contribution in [2.24, 2.45) is 0 Å². The predicted octanol–water partition coefficient (Wildman–Crippen LogP) is 4.04. The van der Waals surface area contributed by atoms with E-state index in [1.165, 1.54) is 18.2 Å². The lowest BCUT2D eigenvalue weighted by Gasteiger charge is -2.19. The Morgan fingerprint density at radius 2 is 1.62 bits per heavy atom. The largest absolute Gasteiger partial charge is 0.314 e. The highest BCUT2D eigenvalue weighted by atomic mass is 19.1. The van der Waals surface area contributed by atoms with Crippen LogP contribution in [-0.4, -0.2) is 12.6 Å². The summed E-state index contributed by atoms with van der Waals surface area (Å²) >= 11 is 0. The van der Waals surface area contributed by atoms with Gasteiger partial charge in [0.15, 0.2) is 0 Å². The van der Waals surface area contributed by atoms with Gasteiger partial charge in [0, 0.05) is 6.04 Å². The van der Waals surface area contributed by atoms with E-state index in [9.17, 15) is 8.78 Å². The Morgan fingerprint density at radius 3 is 2.29 bits per heavy atom. The minimum Gasteiger partial charge on any atom is -0.314 e. The van der Waals surface area contributed by atoms with Gasteiger partial charge in [-0.3, -0.25) is 0 Å². The van der Waals surface area contributed by atoms with Crippen LogP contribution >= 0.6 is 0 Å². The van der Waals surface area contributed by atoms with Crippen molar-refractivity contribution in [1.82, 2.24) is 5.32 Å². The van der Waals surface area contributed by atoms with Gasteiger partial charge in [0.05, 0.1) is 0 Å². The molecule has 0 radical (unpaired) electrons. The van der Waals surface area contributed by atoms with Crippen LogP contribution in [0.15, 0.2) is 42.5 Å². The Kier molecular flexibility index (Phi) is 5.45. The normalized spacial score (nSPS) is 12.4. The van der Waals surface area contributed by atoms with Crippen LogP contribution < -0.4 is 5.32 Å². The van der Waals surface area contributed by atoms with Crippen LogP contribution in [0.1, 0.15) is 23.6 Å². The van der Waals surface area contributed by atoms with Gasteiger partial charge in [0.1, 0.15) is 11.6 Å². The summed E-state index contributed by atoms with van der Waals surface area (Å²) in [7, 11) is 0. The summed E-state index contributed by atoms with van der Waals surface area (Å²) in [5, 5.41) is 3.42. The van der Waals surface area contributed by atoms with Crippen LogP contribution in [0.4, 0.5) is 8.78 Å². The highest BCUT2D eigenvalue weighted by Crippen LogP contribution is 2.15. The lowest BCUT2D eigenvalue weighted by Crippen LogP contribution is -2.33. The molecule has 0 amide bonds. The van der Waals surface area contributed by atoms with E-state index in [0.717, 1.165) is 36.1 Å². The molecule has 0 saturated carbocycles. The van der Waals surface area contributed by atoms with Crippen LogP contribution in [0.2, 0.25) is 0 Å². The van der Waals surface area contributed by atoms with Crippen molar-refractivity contribution in [2.45, 2.75) is 32.7 Å². The fourth-order valence-corrected chi connectivity index (χ4v) is 2.54. The Balaban J connectivity index is 2.11. The lowest BCUT2D eigenvalue weighted by molar-refractivity contribution is 0.518. The summed E-state index contributed by atoms with van der Waals surface area (Å²) in [6.07, 6.45) is 1.55. The molecular weight excluding hydrogens is 268 g/mol. The van der Waals surface area contributed by atoms with E-state index in [2.05, 4.69) is 12.2 Å². The summed E-state index contributed by atoms with van der Waals surface area (Å²) < 4.78 is 26.4. The molecule has 1 unspecified atom stereocenters. The molecule has 2 rings (SSSR count). The molecule has 1 N–H and O–H groups in total. The number of rotatable bonds is 6. The molecule has 1 nitrogen and oxygen atoms in total. The van der Waals surface area contributed by atoms with Crippen molar-refractivity contribution in [2.75, 3.05) is 6.54 Å². The third-order valence-corrected chi connectivity index (χ3v) is 3.67. The summed E-state index contributed by atoms with van der Waals surface area (Å²) in [5.74, 6) is -0.424. The van der Waals surface area contributed by atoms with Crippen molar-refractivity contribution in [3.05, 3.63) is 70.8 Å². The Hall–Kier alpha value is -1.74. The molecule has 21 heavy (non-hydrogen) atoms. The molecule has 0 bridgehead atoms. The molecule has 0 aliphatic heterocycles. The zero-order valence-electron chi connectivity index (χ0n) is 12.5. The second-order valence-electron chi connectivity index (χ2n) is 5.36. The third kappa shape index (κ3) is 4.64. The lowest BCUT2D eigenvalue weighted by atomic mass is 9.96. The monoisotopic (exact) mass is 289 g/mol. The Bertz CT molecular complexity index is 578. The highest BCUT2D eigenvalue weighted by Gasteiger charge is 2.12. The van der Waals surface area contributed by atoms with Gasteiger partial charge in [-0.25, -0.2) is 8.78 Å². The predicted molar refractivity (Wildman–Crippen MR) is 82.4 cm³/mol. The maximum atomic E-state index is 13.4. The van der Waals surface area contributed by atoms with Crippen molar-refractivity contribution in [3.8, 4) is 0 Å². The summed E-state index contributed by atoms with van der Waals surface area (Å²) in [4.78, 5) is 0. The number of hydrogen-bond donors (Lipinski definition) is 1. The SMILES string of the molecule is CCNC(Cc1ccc(F)cc1)Cc1cc(F)ccc1C. The van der Waals surface area contributed by atoms with Gasteiger partial charge in [-0.1, -0.05) is 25.1 Å². The van der Waals surface area contributed by atoms with E-state index in [-0.39, 0.29) is 17.7 Å². The molecule has 3 heteroatoms. The van der Waals surface area contributed by atoms with Crippen molar-refractivity contribution < 1.29 is 8.78 Å². The first-order chi connectivity index (χ1) is 10.1. The van der Waals surface area contributed by atoms with Gasteiger partial charge < -0.3 is 5.32 Å². The average molecular weight is 289 g/mol. The smallest absolute Gasteiger partial charge is 0.123 e. The van der Waals surface area contributed by atoms with Gasteiger partial charge in [-0.05, 0) is 67.3 Å². The van der Waals surface area contributed by atoms with Crippen LogP contribution in [0.5, 0.6) is 0 Å². The van der Waals surface area contributed by atoms with E-state index in [1.54, 1.807) is 18.2 Å². The number of aryl methyl sites for hydroxylation is 1. The first-order valence-electron chi connectivity index (χ1n) is 7.31. The number of halogens is 2. The molecule has 0 fully saturated rings. The maximum absolute atomic E-state index is 13.4. The van der Waals surface area contributed by atoms with E-state index in [1.807, 2.05) is 13.0 Å². The second-order valence-corrected chi connectivity index (χ2v) is 5.36. The van der Waals surface area contributed by atoms with Gasteiger partial charge in [-0.2, -0.15) is 0 Å². The standard InChI is InChI=1S/C18H21F2N/c1-3-21-18(10-14-5-8-16(19)9-6-14)12-15-11-17(20)7-4-13(15)2/h4-9,11,18,21H,3,10,12H2,1-2H3. The van der Waals surface area contributed by atoms with Crippen LogP contribution in [-0.2, 0) is 12.8 Å². The molecule has 2 aromatic rings. The number of likely N-dealkylation sites (N-methyl/N-ethyl adjacent to an activating group) is 1. The van der Waals surface area contributed by atoms with E-state index >= 15 is 0 Å². The van der Waals surface area contributed by atoms with Crippen LogP contribution in [0.3, 0.4) is 0 Å². The molecule has 0 aromatic heterocycles. The molecule has 1 atom stereocenters. The van der Waals surface area contributed by atoms with E-state index < -0.39 is 0 Å². The average Bonchev–Trinajstić information content (AvgIpc) is 2.45. The summed E-state index contributed by atoms with van der Waals surface area (Å²) in [6, 6.07) is 11.7. The van der Waals surface area contributed by atoms with Gasteiger partial charge >= 0.3 is 0 Å². The number of nitrogens with one attached hydrogen (secondary N) is 1. The zero-order chi connectivity index (χ0) is 15.2. The van der Waals surface area contributed by atoms with Gasteiger partial charge in [0.25, 0.3) is 0 Å². The molecule has 2 aromatic carbocycles. The van der Waals surface area contributed by atoms with Crippen molar-refractivity contribution >= 4 is 0 Å². The molecule has 0 saturated heterocycles.